The first-order chi connectivity index (χ1) is 8.78. The van der Waals surface area contributed by atoms with Gasteiger partial charge in [-0.2, -0.15) is 0 Å². The highest BCUT2D eigenvalue weighted by atomic mass is 16.5. The zero-order valence-electron chi connectivity index (χ0n) is 11.9. The number of ether oxygens (including phenoxy) is 2. The molecule has 0 aliphatic rings. The van der Waals surface area contributed by atoms with Crippen LogP contribution in [0.15, 0.2) is 12.1 Å². The number of aliphatic hydroxyl groups is 1. The Morgan fingerprint density at radius 3 is 2.11 bits per heavy atom. The van der Waals surface area contributed by atoms with Crippen molar-refractivity contribution in [3.63, 3.8) is 0 Å². The molecule has 2 N–H and O–H groups in total. The molecule has 0 saturated carbocycles. The summed E-state index contributed by atoms with van der Waals surface area (Å²) in [6.45, 7) is 5.10. The third-order valence-electron chi connectivity index (χ3n) is 3.29. The molecule has 106 valence electrons. The van der Waals surface area contributed by atoms with Gasteiger partial charge in [0.05, 0.1) is 14.2 Å². The van der Waals surface area contributed by atoms with Gasteiger partial charge in [0.25, 0.3) is 0 Å². The van der Waals surface area contributed by atoms with E-state index in [0.29, 0.717) is 11.5 Å². The summed E-state index contributed by atoms with van der Waals surface area (Å²) in [5.74, 6) is -0.994. The van der Waals surface area contributed by atoms with E-state index in [2.05, 4.69) is 0 Å². The van der Waals surface area contributed by atoms with Gasteiger partial charge < -0.3 is 19.7 Å². The number of carbonyl (C=O) groups is 1. The van der Waals surface area contributed by atoms with Crippen LogP contribution in [-0.2, 0) is 10.4 Å². The van der Waals surface area contributed by atoms with Gasteiger partial charge in [0.2, 0.25) is 0 Å². The lowest BCUT2D eigenvalue weighted by atomic mass is 9.82. The number of methoxy groups -OCH3 is 2. The van der Waals surface area contributed by atoms with Gasteiger partial charge in [-0.25, -0.2) is 4.79 Å². The van der Waals surface area contributed by atoms with Gasteiger partial charge in [0, 0.05) is 5.56 Å². The minimum atomic E-state index is -2.02. The van der Waals surface area contributed by atoms with Gasteiger partial charge in [-0.3, -0.25) is 0 Å². The molecule has 0 fully saturated rings. The van der Waals surface area contributed by atoms with E-state index in [-0.39, 0.29) is 5.56 Å². The van der Waals surface area contributed by atoms with Crippen molar-refractivity contribution in [1.29, 1.82) is 0 Å². The predicted molar refractivity (Wildman–Crippen MR) is 70.7 cm³/mol. The Hall–Kier alpha value is -1.75. The van der Waals surface area contributed by atoms with Crippen molar-refractivity contribution >= 4 is 5.97 Å². The fraction of sp³-hybridized carbons (Fsp3) is 0.500. The highest BCUT2D eigenvalue weighted by Gasteiger charge is 2.44. The topological polar surface area (TPSA) is 76.0 Å². The average molecular weight is 268 g/mol. The molecular weight excluding hydrogens is 248 g/mol. The quantitative estimate of drug-likeness (QED) is 0.853. The van der Waals surface area contributed by atoms with E-state index >= 15 is 0 Å². The molecule has 5 heteroatoms. The van der Waals surface area contributed by atoms with E-state index in [4.69, 9.17) is 9.47 Å². The smallest absolute Gasteiger partial charge is 0.340 e. The van der Waals surface area contributed by atoms with Crippen LogP contribution in [0.25, 0.3) is 0 Å². The number of hydrogen-bond donors (Lipinski definition) is 2. The highest BCUT2D eigenvalue weighted by Crippen LogP contribution is 2.39. The molecule has 0 saturated heterocycles. The van der Waals surface area contributed by atoms with Gasteiger partial charge in [-0.1, -0.05) is 13.8 Å². The van der Waals surface area contributed by atoms with Crippen LogP contribution < -0.4 is 9.47 Å². The number of aliphatic carboxylic acids is 1. The molecule has 0 spiro atoms. The van der Waals surface area contributed by atoms with Crippen molar-refractivity contribution in [2.24, 2.45) is 5.92 Å². The summed E-state index contributed by atoms with van der Waals surface area (Å²) < 4.78 is 10.4. The van der Waals surface area contributed by atoms with E-state index in [1.54, 1.807) is 19.9 Å². The van der Waals surface area contributed by atoms with Crippen molar-refractivity contribution in [3.8, 4) is 11.5 Å². The van der Waals surface area contributed by atoms with Crippen LogP contribution in [0.1, 0.15) is 25.0 Å². The lowest BCUT2D eigenvalue weighted by molar-refractivity contribution is -0.165. The largest absolute Gasteiger partial charge is 0.496 e. The second-order valence-electron chi connectivity index (χ2n) is 4.75. The second-order valence-corrected chi connectivity index (χ2v) is 4.75. The summed E-state index contributed by atoms with van der Waals surface area (Å²) in [5.41, 5.74) is -1.02. The summed E-state index contributed by atoms with van der Waals surface area (Å²) in [5, 5.41) is 19.9. The minimum absolute atomic E-state index is 0.194. The Morgan fingerprint density at radius 1 is 1.21 bits per heavy atom. The number of rotatable bonds is 5. The van der Waals surface area contributed by atoms with Crippen LogP contribution in [0.4, 0.5) is 0 Å². The Labute approximate surface area is 112 Å². The molecular formula is C14H20O5. The SMILES string of the molecule is COc1cc(C(O)(C(=O)O)C(C)C)c(OC)cc1C. The van der Waals surface area contributed by atoms with E-state index < -0.39 is 17.5 Å². The molecule has 1 rings (SSSR count). The van der Waals surface area contributed by atoms with Crippen LogP contribution in [-0.4, -0.2) is 30.4 Å². The Kier molecular flexibility index (Phi) is 4.42. The standard InChI is InChI=1S/C14H20O5/c1-8(2)14(17,13(15)16)10-7-11(18-4)9(3)6-12(10)19-5/h6-8,17H,1-5H3,(H,15,16). The van der Waals surface area contributed by atoms with E-state index in [9.17, 15) is 15.0 Å². The van der Waals surface area contributed by atoms with Crippen molar-refractivity contribution in [3.05, 3.63) is 23.3 Å². The summed E-state index contributed by atoms with van der Waals surface area (Å²) in [4.78, 5) is 11.5. The van der Waals surface area contributed by atoms with Gasteiger partial charge in [-0.15, -0.1) is 0 Å². The molecule has 1 aromatic rings. The molecule has 0 aliphatic carbocycles. The van der Waals surface area contributed by atoms with Crippen LogP contribution in [0.5, 0.6) is 11.5 Å². The van der Waals surface area contributed by atoms with E-state index in [1.807, 2.05) is 6.92 Å². The maximum Gasteiger partial charge on any atom is 0.340 e. The summed E-state index contributed by atoms with van der Waals surface area (Å²) in [6, 6.07) is 3.17. The molecule has 0 amide bonds. The van der Waals surface area contributed by atoms with Gasteiger partial charge in [0.15, 0.2) is 5.60 Å². The fourth-order valence-corrected chi connectivity index (χ4v) is 2.02. The lowest BCUT2D eigenvalue weighted by Crippen LogP contribution is -2.41. The number of aryl methyl sites for hydroxylation is 1. The maximum atomic E-state index is 11.5. The van der Waals surface area contributed by atoms with E-state index in [0.717, 1.165) is 5.56 Å². The Morgan fingerprint density at radius 2 is 1.74 bits per heavy atom. The third kappa shape index (κ3) is 2.51. The van der Waals surface area contributed by atoms with Crippen molar-refractivity contribution in [1.82, 2.24) is 0 Å². The number of carboxylic acid groups (broad SMARTS) is 1. The maximum absolute atomic E-state index is 11.5. The van der Waals surface area contributed by atoms with Crippen molar-refractivity contribution < 1.29 is 24.5 Å². The van der Waals surface area contributed by atoms with E-state index in [1.165, 1.54) is 20.3 Å². The second kappa shape index (κ2) is 5.48. The molecule has 1 unspecified atom stereocenters. The molecule has 1 atom stereocenters. The van der Waals surface area contributed by atoms with Crippen LogP contribution >= 0.6 is 0 Å². The lowest BCUT2D eigenvalue weighted by Gasteiger charge is -2.30. The zero-order chi connectivity index (χ0) is 14.8. The summed E-state index contributed by atoms with van der Waals surface area (Å²) >= 11 is 0. The fourth-order valence-electron chi connectivity index (χ4n) is 2.02. The first-order valence-corrected chi connectivity index (χ1v) is 5.97. The highest BCUT2D eigenvalue weighted by molar-refractivity contribution is 5.81. The summed E-state index contributed by atoms with van der Waals surface area (Å²) in [7, 11) is 2.93. The molecule has 1 aromatic carbocycles. The molecule has 19 heavy (non-hydrogen) atoms. The first kappa shape index (κ1) is 15.3. The molecule has 5 nitrogen and oxygen atoms in total. The van der Waals surface area contributed by atoms with Gasteiger partial charge >= 0.3 is 5.97 Å². The minimum Gasteiger partial charge on any atom is -0.496 e. The van der Waals surface area contributed by atoms with Crippen LogP contribution in [0.2, 0.25) is 0 Å². The Bertz CT molecular complexity index is 481. The molecule has 0 aliphatic heterocycles. The number of carboxylic acids is 1. The molecule has 0 bridgehead atoms. The summed E-state index contributed by atoms with van der Waals surface area (Å²) in [6.07, 6.45) is 0. The third-order valence-corrected chi connectivity index (χ3v) is 3.29. The normalized spacial score (nSPS) is 14.1. The predicted octanol–water partition coefficient (Wildman–Crippen LogP) is 1.94. The zero-order valence-corrected chi connectivity index (χ0v) is 11.9. The van der Waals surface area contributed by atoms with Crippen LogP contribution in [0.3, 0.4) is 0 Å². The molecule has 0 aromatic heterocycles. The van der Waals surface area contributed by atoms with Crippen LogP contribution in [0, 0.1) is 12.8 Å². The van der Waals surface area contributed by atoms with Crippen molar-refractivity contribution in [2.75, 3.05) is 14.2 Å². The molecule has 0 radical (unpaired) electrons. The average Bonchev–Trinajstić information content (AvgIpc) is 2.36. The first-order valence-electron chi connectivity index (χ1n) is 5.97. The Balaban J connectivity index is 3.58. The van der Waals surface area contributed by atoms with Gasteiger partial charge in [0.1, 0.15) is 11.5 Å². The monoisotopic (exact) mass is 268 g/mol. The number of hydrogen-bond acceptors (Lipinski definition) is 4. The van der Waals surface area contributed by atoms with Gasteiger partial charge in [-0.05, 0) is 30.5 Å². The molecule has 0 heterocycles. The number of benzene rings is 1. The van der Waals surface area contributed by atoms with Crippen molar-refractivity contribution in [2.45, 2.75) is 26.4 Å².